The van der Waals surface area contributed by atoms with Crippen molar-refractivity contribution in [3.8, 4) is 0 Å². The van der Waals surface area contributed by atoms with E-state index in [1.807, 2.05) is 51.1 Å². The molecule has 3 rings (SSSR count). The van der Waals surface area contributed by atoms with E-state index in [1.54, 1.807) is 4.90 Å². The van der Waals surface area contributed by atoms with Gasteiger partial charge < -0.3 is 10.2 Å². The van der Waals surface area contributed by atoms with E-state index in [0.717, 1.165) is 10.7 Å². The predicted octanol–water partition coefficient (Wildman–Crippen LogP) is 3.43. The second-order valence-electron chi connectivity index (χ2n) is 7.47. The third kappa shape index (κ3) is 4.42. The van der Waals surface area contributed by atoms with Crippen LogP contribution in [0.2, 0.25) is 0 Å². The van der Waals surface area contributed by atoms with Gasteiger partial charge in [0.25, 0.3) is 0 Å². The largest absolute Gasteiger partial charge is 0.312 e. The van der Waals surface area contributed by atoms with Crippen molar-refractivity contribution < 1.29 is 9.59 Å². The van der Waals surface area contributed by atoms with Crippen LogP contribution < -0.4 is 10.2 Å². The summed E-state index contributed by atoms with van der Waals surface area (Å²) in [6.45, 7) is 6.63. The molecule has 6 nitrogen and oxygen atoms in total. The Hall–Kier alpha value is -2.28. The summed E-state index contributed by atoms with van der Waals surface area (Å²) >= 11 is 1.35. The van der Waals surface area contributed by atoms with Gasteiger partial charge in [-0.3, -0.25) is 9.59 Å². The number of benzene rings is 1. The van der Waals surface area contributed by atoms with E-state index in [-0.39, 0.29) is 23.1 Å². The van der Waals surface area contributed by atoms with Gasteiger partial charge in [-0.05, 0) is 17.5 Å². The second-order valence-corrected chi connectivity index (χ2v) is 8.48. The van der Waals surface area contributed by atoms with Crippen LogP contribution in [-0.2, 0) is 9.59 Å². The van der Waals surface area contributed by atoms with E-state index < -0.39 is 0 Å². The highest BCUT2D eigenvalue weighted by atomic mass is 32.1. The maximum absolute atomic E-state index is 12.3. The fourth-order valence-corrected chi connectivity index (χ4v) is 3.68. The standard InChI is InChI=1S/C18H22N4O2S/c1-18(2,3)10-14(23)19-17-21-20-16(25-17)12-9-15(24)22(11-12)13-7-5-4-6-8-13/h4-8,12H,9-11H2,1-3H3,(H,19,21,23)/t12-/m1/s1. The van der Waals surface area contributed by atoms with Crippen molar-refractivity contribution >= 4 is 34.0 Å². The number of anilines is 2. The molecule has 2 amide bonds. The van der Waals surface area contributed by atoms with Crippen molar-refractivity contribution in [3.05, 3.63) is 35.3 Å². The van der Waals surface area contributed by atoms with Crippen LogP contribution in [-0.4, -0.2) is 28.6 Å². The summed E-state index contributed by atoms with van der Waals surface area (Å²) in [6, 6.07) is 9.63. The molecule has 0 aliphatic carbocycles. The van der Waals surface area contributed by atoms with Crippen LogP contribution in [0.25, 0.3) is 0 Å². The first kappa shape index (κ1) is 17.5. The Balaban J connectivity index is 1.65. The van der Waals surface area contributed by atoms with E-state index in [2.05, 4.69) is 15.5 Å². The van der Waals surface area contributed by atoms with E-state index in [9.17, 15) is 9.59 Å². The number of nitrogens with zero attached hydrogens (tertiary/aromatic N) is 3. The van der Waals surface area contributed by atoms with Gasteiger partial charge in [0, 0.05) is 31.0 Å². The molecule has 1 atom stereocenters. The highest BCUT2D eigenvalue weighted by Gasteiger charge is 2.33. The Bertz CT molecular complexity index is 767. The number of rotatable bonds is 4. The van der Waals surface area contributed by atoms with E-state index in [0.29, 0.717) is 24.5 Å². The van der Waals surface area contributed by atoms with Crippen molar-refractivity contribution in [2.24, 2.45) is 5.41 Å². The van der Waals surface area contributed by atoms with Gasteiger partial charge in [0.05, 0.1) is 0 Å². The summed E-state index contributed by atoms with van der Waals surface area (Å²) in [7, 11) is 0. The van der Waals surface area contributed by atoms with Gasteiger partial charge in [0.1, 0.15) is 5.01 Å². The lowest BCUT2D eigenvalue weighted by molar-refractivity contribution is -0.118. The smallest absolute Gasteiger partial charge is 0.227 e. The SMILES string of the molecule is CC(C)(C)CC(=O)Nc1nnc([C@@H]2CC(=O)N(c3ccccc3)C2)s1. The minimum atomic E-state index is -0.0777. The molecule has 0 radical (unpaired) electrons. The van der Waals surface area contributed by atoms with Gasteiger partial charge >= 0.3 is 0 Å². The first-order valence-electron chi connectivity index (χ1n) is 8.30. The number of hydrogen-bond acceptors (Lipinski definition) is 5. The Morgan fingerprint density at radius 3 is 2.68 bits per heavy atom. The number of aromatic nitrogens is 2. The van der Waals surface area contributed by atoms with E-state index in [4.69, 9.17) is 0 Å². The zero-order valence-corrected chi connectivity index (χ0v) is 15.5. The fraction of sp³-hybridized carbons (Fsp3) is 0.444. The lowest BCUT2D eigenvalue weighted by Gasteiger charge is -2.16. The van der Waals surface area contributed by atoms with E-state index in [1.165, 1.54) is 11.3 Å². The summed E-state index contributed by atoms with van der Waals surface area (Å²) in [5, 5.41) is 12.3. The van der Waals surface area contributed by atoms with Gasteiger partial charge in [0.2, 0.25) is 16.9 Å². The lowest BCUT2D eigenvalue weighted by atomic mass is 9.92. The number of carbonyl (C=O) groups excluding carboxylic acids is 2. The monoisotopic (exact) mass is 358 g/mol. The minimum absolute atomic E-state index is 0.0125. The molecule has 132 valence electrons. The Kier molecular flexibility index (Phi) is 4.85. The molecule has 0 bridgehead atoms. The van der Waals surface area contributed by atoms with Gasteiger partial charge in [-0.15, -0.1) is 10.2 Å². The molecule has 1 saturated heterocycles. The van der Waals surface area contributed by atoms with E-state index >= 15 is 0 Å². The molecule has 1 fully saturated rings. The van der Waals surface area contributed by atoms with Gasteiger partial charge in [-0.2, -0.15) is 0 Å². The zero-order valence-electron chi connectivity index (χ0n) is 14.7. The number of hydrogen-bond donors (Lipinski definition) is 1. The number of nitrogens with one attached hydrogen (secondary N) is 1. The number of amides is 2. The van der Waals surface area contributed by atoms with Crippen LogP contribution in [0.1, 0.15) is 44.5 Å². The molecule has 0 spiro atoms. The number of para-hydroxylation sites is 1. The fourth-order valence-electron chi connectivity index (χ4n) is 2.83. The summed E-state index contributed by atoms with van der Waals surface area (Å²) in [5.41, 5.74) is 0.823. The van der Waals surface area contributed by atoms with Crippen LogP contribution in [0.3, 0.4) is 0 Å². The molecular weight excluding hydrogens is 336 g/mol. The van der Waals surface area contributed by atoms with Crippen LogP contribution in [0.5, 0.6) is 0 Å². The lowest BCUT2D eigenvalue weighted by Crippen LogP contribution is -2.24. The van der Waals surface area contributed by atoms with Crippen LogP contribution in [0, 0.1) is 5.41 Å². The topological polar surface area (TPSA) is 75.2 Å². The molecular formula is C18H22N4O2S. The van der Waals surface area contributed by atoms with Crippen molar-refractivity contribution in [2.45, 2.75) is 39.5 Å². The Morgan fingerprint density at radius 2 is 2.00 bits per heavy atom. The zero-order chi connectivity index (χ0) is 18.0. The van der Waals surface area contributed by atoms with Crippen LogP contribution >= 0.6 is 11.3 Å². The molecule has 1 aromatic carbocycles. The summed E-state index contributed by atoms with van der Waals surface area (Å²) in [5.74, 6) is 0.0341. The molecule has 2 aromatic rings. The normalized spacial score (nSPS) is 17.8. The van der Waals surface area contributed by atoms with Gasteiger partial charge in [-0.1, -0.05) is 50.3 Å². The Morgan fingerprint density at radius 1 is 1.28 bits per heavy atom. The first-order valence-corrected chi connectivity index (χ1v) is 9.12. The van der Waals surface area contributed by atoms with Crippen molar-refractivity contribution in [1.29, 1.82) is 0 Å². The molecule has 1 aliphatic heterocycles. The van der Waals surface area contributed by atoms with Crippen LogP contribution in [0.15, 0.2) is 30.3 Å². The average molecular weight is 358 g/mol. The predicted molar refractivity (Wildman–Crippen MR) is 98.8 cm³/mol. The highest BCUT2D eigenvalue weighted by molar-refractivity contribution is 7.15. The molecule has 1 N–H and O–H groups in total. The maximum Gasteiger partial charge on any atom is 0.227 e. The average Bonchev–Trinajstić information content (AvgIpc) is 3.13. The minimum Gasteiger partial charge on any atom is -0.312 e. The summed E-state index contributed by atoms with van der Waals surface area (Å²) in [4.78, 5) is 26.1. The highest BCUT2D eigenvalue weighted by Crippen LogP contribution is 2.34. The number of carbonyl (C=O) groups is 2. The summed E-state index contributed by atoms with van der Waals surface area (Å²) in [6.07, 6.45) is 0.838. The molecule has 2 heterocycles. The maximum atomic E-state index is 12.3. The third-order valence-corrected chi connectivity index (χ3v) is 4.92. The molecule has 25 heavy (non-hydrogen) atoms. The van der Waals surface area contributed by atoms with Gasteiger partial charge in [-0.25, -0.2) is 0 Å². The third-order valence-electron chi connectivity index (χ3n) is 3.92. The molecule has 1 aliphatic rings. The quantitative estimate of drug-likeness (QED) is 0.908. The van der Waals surface area contributed by atoms with Gasteiger partial charge in [0.15, 0.2) is 0 Å². The summed E-state index contributed by atoms with van der Waals surface area (Å²) < 4.78 is 0. The van der Waals surface area contributed by atoms with Crippen molar-refractivity contribution in [1.82, 2.24) is 10.2 Å². The molecule has 0 unspecified atom stereocenters. The molecule has 0 saturated carbocycles. The van der Waals surface area contributed by atoms with Crippen molar-refractivity contribution in [2.75, 3.05) is 16.8 Å². The Labute approximate surface area is 151 Å². The second kappa shape index (κ2) is 6.92. The van der Waals surface area contributed by atoms with Crippen molar-refractivity contribution in [3.63, 3.8) is 0 Å². The first-order chi connectivity index (χ1) is 11.8. The van der Waals surface area contributed by atoms with Crippen LogP contribution in [0.4, 0.5) is 10.8 Å². The molecule has 1 aromatic heterocycles. The molecule has 7 heteroatoms.